The summed E-state index contributed by atoms with van der Waals surface area (Å²) in [6, 6.07) is 3.67. The van der Waals surface area contributed by atoms with Crippen molar-refractivity contribution < 1.29 is 0 Å². The minimum absolute atomic E-state index is 0.145. The average Bonchev–Trinajstić information content (AvgIpc) is 2.54. The van der Waals surface area contributed by atoms with Gasteiger partial charge < -0.3 is 0 Å². The third kappa shape index (κ3) is 1.26. The van der Waals surface area contributed by atoms with Crippen LogP contribution in [0.2, 0.25) is 0 Å². The second-order valence-electron chi connectivity index (χ2n) is 2.16. The number of pyridine rings is 1. The molecule has 0 saturated carbocycles. The van der Waals surface area contributed by atoms with Gasteiger partial charge in [0.1, 0.15) is 5.01 Å². The van der Waals surface area contributed by atoms with Gasteiger partial charge in [0.25, 0.3) is 0 Å². The summed E-state index contributed by atoms with van der Waals surface area (Å²) in [4.78, 5) is 14.5. The van der Waals surface area contributed by atoms with Gasteiger partial charge >= 0.3 is 4.87 Å². The van der Waals surface area contributed by atoms with E-state index in [2.05, 4.69) is 15.2 Å². The molecule has 0 aliphatic heterocycles. The van der Waals surface area contributed by atoms with Gasteiger partial charge in [-0.15, -0.1) is 0 Å². The van der Waals surface area contributed by atoms with Crippen molar-refractivity contribution in [2.45, 2.75) is 0 Å². The van der Waals surface area contributed by atoms with Crippen molar-refractivity contribution >= 4 is 11.3 Å². The zero-order chi connectivity index (χ0) is 8.39. The fourth-order valence-corrected chi connectivity index (χ4v) is 1.44. The Hall–Kier alpha value is -1.49. The molecule has 0 amide bonds. The van der Waals surface area contributed by atoms with Crippen LogP contribution in [0.4, 0.5) is 0 Å². The highest BCUT2D eigenvalue weighted by atomic mass is 32.1. The molecule has 2 aromatic rings. The van der Waals surface area contributed by atoms with Crippen LogP contribution in [0.25, 0.3) is 10.6 Å². The third-order valence-corrected chi connectivity index (χ3v) is 2.14. The minimum atomic E-state index is -0.145. The highest BCUT2D eigenvalue weighted by Crippen LogP contribution is 2.15. The van der Waals surface area contributed by atoms with Crippen LogP contribution in [0.1, 0.15) is 0 Å². The van der Waals surface area contributed by atoms with Crippen molar-refractivity contribution in [2.75, 3.05) is 0 Å². The van der Waals surface area contributed by atoms with E-state index in [1.807, 2.05) is 6.07 Å². The Labute approximate surface area is 71.9 Å². The number of hydrogen-bond acceptors (Lipinski definition) is 4. The molecule has 2 aromatic heterocycles. The van der Waals surface area contributed by atoms with Gasteiger partial charge in [-0.2, -0.15) is 5.10 Å². The Balaban J connectivity index is 2.51. The topological polar surface area (TPSA) is 58.6 Å². The number of aromatic amines is 1. The highest BCUT2D eigenvalue weighted by Gasteiger charge is 2.01. The summed E-state index contributed by atoms with van der Waals surface area (Å²) >= 11 is 1.08. The normalized spacial score (nSPS) is 10.0. The predicted octanol–water partition coefficient (Wildman–Crippen LogP) is 0.893. The molecule has 1 N–H and O–H groups in total. The lowest BCUT2D eigenvalue weighted by Gasteiger charge is -1.89. The van der Waals surface area contributed by atoms with Gasteiger partial charge in [-0.1, -0.05) is 11.3 Å². The SMILES string of the molecule is O=c1[nH]nc(-c2cccnc2)s1. The van der Waals surface area contributed by atoms with Crippen molar-refractivity contribution in [1.82, 2.24) is 15.2 Å². The minimum Gasteiger partial charge on any atom is -0.264 e. The first-order valence-electron chi connectivity index (χ1n) is 3.32. The Bertz CT molecular complexity index is 419. The molecule has 0 bridgehead atoms. The number of rotatable bonds is 1. The quantitative estimate of drug-likeness (QED) is 0.707. The lowest BCUT2D eigenvalue weighted by atomic mass is 10.3. The number of nitrogens with zero attached hydrogens (tertiary/aromatic N) is 2. The van der Waals surface area contributed by atoms with E-state index < -0.39 is 0 Å². The second kappa shape index (κ2) is 2.86. The van der Waals surface area contributed by atoms with Crippen LogP contribution in [-0.4, -0.2) is 15.2 Å². The summed E-state index contributed by atoms with van der Waals surface area (Å²) in [5.74, 6) is 0. The lowest BCUT2D eigenvalue weighted by Crippen LogP contribution is -1.90. The van der Waals surface area contributed by atoms with Gasteiger partial charge in [0.15, 0.2) is 0 Å². The number of H-pyrrole nitrogens is 1. The smallest absolute Gasteiger partial charge is 0.264 e. The van der Waals surface area contributed by atoms with E-state index in [4.69, 9.17) is 0 Å². The summed E-state index contributed by atoms with van der Waals surface area (Å²) in [5, 5.41) is 6.85. The van der Waals surface area contributed by atoms with Crippen LogP contribution < -0.4 is 4.87 Å². The van der Waals surface area contributed by atoms with E-state index in [9.17, 15) is 4.79 Å². The summed E-state index contributed by atoms with van der Waals surface area (Å²) < 4.78 is 0. The van der Waals surface area contributed by atoms with E-state index in [1.54, 1.807) is 18.5 Å². The molecule has 5 heteroatoms. The third-order valence-electron chi connectivity index (χ3n) is 1.35. The van der Waals surface area contributed by atoms with Crippen LogP contribution in [0.5, 0.6) is 0 Å². The van der Waals surface area contributed by atoms with Gasteiger partial charge in [-0.25, -0.2) is 5.10 Å². The highest BCUT2D eigenvalue weighted by molar-refractivity contribution is 7.12. The summed E-state index contributed by atoms with van der Waals surface area (Å²) in [6.07, 6.45) is 3.35. The maximum absolute atomic E-state index is 10.7. The molecule has 0 atom stereocenters. The summed E-state index contributed by atoms with van der Waals surface area (Å²) in [5.41, 5.74) is 0.862. The Morgan fingerprint density at radius 1 is 1.50 bits per heavy atom. The van der Waals surface area contributed by atoms with Gasteiger partial charge in [0.2, 0.25) is 0 Å². The lowest BCUT2D eigenvalue weighted by molar-refractivity contribution is 1.06. The number of nitrogens with one attached hydrogen (secondary N) is 1. The molecule has 0 saturated heterocycles. The van der Waals surface area contributed by atoms with Gasteiger partial charge in [0.05, 0.1) is 0 Å². The van der Waals surface area contributed by atoms with Crippen LogP contribution in [0.15, 0.2) is 29.3 Å². The fourth-order valence-electron chi connectivity index (χ4n) is 0.843. The fraction of sp³-hybridized carbons (Fsp3) is 0. The Kier molecular flexibility index (Phi) is 1.71. The van der Waals surface area contributed by atoms with E-state index in [0.717, 1.165) is 16.9 Å². The standard InChI is InChI=1S/C7H5N3OS/c11-7-10-9-6(12-7)5-2-1-3-8-4-5/h1-4H,(H,10,11). The molecule has 0 spiro atoms. The first-order valence-corrected chi connectivity index (χ1v) is 4.14. The average molecular weight is 179 g/mol. The molecule has 4 nitrogen and oxygen atoms in total. The van der Waals surface area contributed by atoms with E-state index in [0.29, 0.717) is 5.01 Å². The monoisotopic (exact) mass is 179 g/mol. The number of aromatic nitrogens is 3. The molecular weight excluding hydrogens is 174 g/mol. The number of hydrogen-bond donors (Lipinski definition) is 1. The Morgan fingerprint density at radius 2 is 2.42 bits per heavy atom. The maximum Gasteiger partial charge on any atom is 0.322 e. The molecule has 0 fully saturated rings. The zero-order valence-electron chi connectivity index (χ0n) is 6.02. The molecule has 0 aliphatic rings. The van der Waals surface area contributed by atoms with Crippen LogP contribution in [-0.2, 0) is 0 Å². The van der Waals surface area contributed by atoms with Crippen molar-refractivity contribution in [2.24, 2.45) is 0 Å². The molecule has 2 rings (SSSR count). The van der Waals surface area contributed by atoms with Gasteiger partial charge in [0, 0.05) is 18.0 Å². The van der Waals surface area contributed by atoms with Crippen molar-refractivity contribution in [1.29, 1.82) is 0 Å². The molecule has 2 heterocycles. The molecule has 0 radical (unpaired) electrons. The van der Waals surface area contributed by atoms with Crippen molar-refractivity contribution in [3.05, 3.63) is 34.2 Å². The van der Waals surface area contributed by atoms with Crippen LogP contribution in [0.3, 0.4) is 0 Å². The van der Waals surface area contributed by atoms with Crippen LogP contribution >= 0.6 is 11.3 Å². The molecular formula is C7H5N3OS. The van der Waals surface area contributed by atoms with E-state index in [-0.39, 0.29) is 4.87 Å². The summed E-state index contributed by atoms with van der Waals surface area (Å²) in [6.45, 7) is 0. The predicted molar refractivity (Wildman–Crippen MR) is 46.0 cm³/mol. The summed E-state index contributed by atoms with van der Waals surface area (Å²) in [7, 11) is 0. The second-order valence-corrected chi connectivity index (χ2v) is 3.12. The maximum atomic E-state index is 10.7. The van der Waals surface area contributed by atoms with E-state index >= 15 is 0 Å². The molecule has 0 aromatic carbocycles. The molecule has 12 heavy (non-hydrogen) atoms. The Morgan fingerprint density at radius 3 is 3.00 bits per heavy atom. The van der Waals surface area contributed by atoms with Crippen molar-refractivity contribution in [3.63, 3.8) is 0 Å². The van der Waals surface area contributed by atoms with Crippen LogP contribution in [0, 0.1) is 0 Å². The van der Waals surface area contributed by atoms with Gasteiger partial charge in [-0.05, 0) is 12.1 Å². The van der Waals surface area contributed by atoms with Gasteiger partial charge in [-0.3, -0.25) is 9.78 Å². The van der Waals surface area contributed by atoms with E-state index in [1.165, 1.54) is 0 Å². The zero-order valence-corrected chi connectivity index (χ0v) is 6.84. The molecule has 0 unspecified atom stereocenters. The first-order chi connectivity index (χ1) is 5.86. The van der Waals surface area contributed by atoms with Crippen molar-refractivity contribution in [3.8, 4) is 10.6 Å². The first kappa shape index (κ1) is 7.17. The molecule has 60 valence electrons. The molecule has 0 aliphatic carbocycles. The largest absolute Gasteiger partial charge is 0.322 e.